The zero-order valence-electron chi connectivity index (χ0n) is 10.1. The highest BCUT2D eigenvalue weighted by molar-refractivity contribution is 5.30. The van der Waals surface area contributed by atoms with E-state index in [1.54, 1.807) is 0 Å². The Morgan fingerprint density at radius 2 is 1.76 bits per heavy atom. The first kappa shape index (κ1) is 10.8. The van der Waals surface area contributed by atoms with Crippen LogP contribution >= 0.6 is 0 Å². The lowest BCUT2D eigenvalue weighted by molar-refractivity contribution is 0.601. The molecule has 0 amide bonds. The Bertz CT molecular complexity index is 430. The van der Waals surface area contributed by atoms with E-state index in [9.17, 15) is 0 Å². The quantitative estimate of drug-likeness (QED) is 0.808. The summed E-state index contributed by atoms with van der Waals surface area (Å²) in [5.41, 5.74) is 2.92. The molecular weight excluding hydrogens is 206 g/mol. The summed E-state index contributed by atoms with van der Waals surface area (Å²) in [6.07, 6.45) is 11.9. The number of rotatable bonds is 2. The molecule has 1 nitrogen and oxygen atoms in total. The van der Waals surface area contributed by atoms with Crippen LogP contribution in [0.2, 0.25) is 0 Å². The second kappa shape index (κ2) is 4.89. The number of nitrogens with one attached hydrogen (secondary N) is 1. The molecule has 1 saturated heterocycles. The summed E-state index contributed by atoms with van der Waals surface area (Å²) in [7, 11) is 0. The molecule has 0 saturated carbocycles. The highest BCUT2D eigenvalue weighted by Gasteiger charge is 2.26. The zero-order valence-corrected chi connectivity index (χ0v) is 10.1. The van der Waals surface area contributed by atoms with Crippen molar-refractivity contribution in [3.63, 3.8) is 0 Å². The van der Waals surface area contributed by atoms with Crippen LogP contribution in [-0.4, -0.2) is 6.04 Å². The van der Waals surface area contributed by atoms with Gasteiger partial charge in [-0.05, 0) is 36.8 Å². The van der Waals surface area contributed by atoms with Crippen LogP contribution in [0.1, 0.15) is 37.3 Å². The maximum absolute atomic E-state index is 3.76. The summed E-state index contributed by atoms with van der Waals surface area (Å²) in [4.78, 5) is 0. The van der Waals surface area contributed by atoms with Crippen molar-refractivity contribution >= 4 is 0 Å². The van der Waals surface area contributed by atoms with Crippen molar-refractivity contribution in [3.8, 4) is 0 Å². The number of hydrogen-bond acceptors (Lipinski definition) is 1. The van der Waals surface area contributed by atoms with E-state index >= 15 is 0 Å². The largest absolute Gasteiger partial charge is 0.303 e. The molecule has 88 valence electrons. The summed E-state index contributed by atoms with van der Waals surface area (Å²) in [5.74, 6) is 0. The van der Waals surface area contributed by atoms with Gasteiger partial charge in [-0.2, -0.15) is 0 Å². The topological polar surface area (TPSA) is 12.0 Å². The van der Waals surface area contributed by atoms with Gasteiger partial charge in [-0.25, -0.2) is 0 Å². The molecule has 0 aromatic heterocycles. The monoisotopic (exact) mass is 225 g/mol. The van der Waals surface area contributed by atoms with E-state index in [1.165, 1.54) is 36.8 Å². The van der Waals surface area contributed by atoms with Crippen LogP contribution < -0.4 is 5.32 Å². The molecular formula is C16H19N. The van der Waals surface area contributed by atoms with Gasteiger partial charge in [0, 0.05) is 12.1 Å². The van der Waals surface area contributed by atoms with Crippen molar-refractivity contribution in [1.29, 1.82) is 0 Å². The molecule has 1 aliphatic carbocycles. The predicted molar refractivity (Wildman–Crippen MR) is 71.8 cm³/mol. The number of hydrogen-bond donors (Lipinski definition) is 1. The number of allylic oxidation sites excluding steroid dienone is 2. The summed E-state index contributed by atoms with van der Waals surface area (Å²) < 4.78 is 0. The zero-order chi connectivity index (χ0) is 11.5. The Labute approximate surface area is 103 Å². The van der Waals surface area contributed by atoms with Crippen LogP contribution in [0.5, 0.6) is 0 Å². The van der Waals surface area contributed by atoms with Crippen LogP contribution in [0.4, 0.5) is 0 Å². The van der Waals surface area contributed by atoms with E-state index in [0.29, 0.717) is 12.1 Å². The molecule has 0 spiro atoms. The number of benzene rings is 1. The Balaban J connectivity index is 1.70. The predicted octanol–water partition coefficient (Wildman–Crippen LogP) is 3.76. The van der Waals surface area contributed by atoms with Crippen molar-refractivity contribution in [2.24, 2.45) is 0 Å². The van der Waals surface area contributed by atoms with Gasteiger partial charge in [-0.3, -0.25) is 0 Å². The SMILES string of the molecule is C1=CC(C2CCC(c3ccccc3)N2)=CCC1. The Hall–Kier alpha value is -1.34. The van der Waals surface area contributed by atoms with Gasteiger partial charge in [-0.1, -0.05) is 48.6 Å². The van der Waals surface area contributed by atoms with Gasteiger partial charge in [0.15, 0.2) is 0 Å². The molecule has 1 fully saturated rings. The van der Waals surface area contributed by atoms with E-state index in [4.69, 9.17) is 0 Å². The lowest BCUT2D eigenvalue weighted by atomic mass is 9.99. The van der Waals surface area contributed by atoms with Gasteiger partial charge in [0.25, 0.3) is 0 Å². The fourth-order valence-corrected chi connectivity index (χ4v) is 2.85. The lowest BCUT2D eigenvalue weighted by Crippen LogP contribution is -2.25. The van der Waals surface area contributed by atoms with Gasteiger partial charge in [0.2, 0.25) is 0 Å². The van der Waals surface area contributed by atoms with Gasteiger partial charge in [0.05, 0.1) is 0 Å². The van der Waals surface area contributed by atoms with Gasteiger partial charge < -0.3 is 5.32 Å². The van der Waals surface area contributed by atoms with E-state index in [-0.39, 0.29) is 0 Å². The van der Waals surface area contributed by atoms with Crippen molar-refractivity contribution in [1.82, 2.24) is 5.32 Å². The Morgan fingerprint density at radius 1 is 0.941 bits per heavy atom. The normalized spacial score (nSPS) is 28.1. The average molecular weight is 225 g/mol. The summed E-state index contributed by atoms with van der Waals surface area (Å²) >= 11 is 0. The highest BCUT2D eigenvalue weighted by atomic mass is 15.0. The molecule has 1 heteroatoms. The molecule has 1 aliphatic heterocycles. The summed E-state index contributed by atoms with van der Waals surface area (Å²) in [5, 5.41) is 3.76. The van der Waals surface area contributed by atoms with Crippen molar-refractivity contribution < 1.29 is 0 Å². The maximum Gasteiger partial charge on any atom is 0.0326 e. The minimum Gasteiger partial charge on any atom is -0.303 e. The highest BCUT2D eigenvalue weighted by Crippen LogP contribution is 2.30. The van der Waals surface area contributed by atoms with Crippen LogP contribution in [0, 0.1) is 0 Å². The molecule has 0 bridgehead atoms. The van der Waals surface area contributed by atoms with Gasteiger partial charge in [0.1, 0.15) is 0 Å². The van der Waals surface area contributed by atoms with Crippen molar-refractivity contribution in [2.45, 2.75) is 37.8 Å². The molecule has 2 aliphatic rings. The molecule has 1 aromatic rings. The third kappa shape index (κ3) is 2.34. The molecule has 1 aromatic carbocycles. The summed E-state index contributed by atoms with van der Waals surface area (Å²) in [6, 6.07) is 11.9. The molecule has 1 N–H and O–H groups in total. The first-order valence-electron chi connectivity index (χ1n) is 6.61. The van der Waals surface area contributed by atoms with Crippen molar-refractivity contribution in [3.05, 3.63) is 59.7 Å². The third-order valence-electron chi connectivity index (χ3n) is 3.77. The first-order chi connectivity index (χ1) is 8.43. The lowest BCUT2D eigenvalue weighted by Gasteiger charge is -2.17. The van der Waals surface area contributed by atoms with Gasteiger partial charge >= 0.3 is 0 Å². The van der Waals surface area contributed by atoms with Crippen LogP contribution in [0.25, 0.3) is 0 Å². The standard InChI is InChI=1S/C16H19N/c1-3-7-13(8-4-1)15-11-12-16(17-15)14-9-5-2-6-10-14/h1,3-5,7-10,15-17H,2,6,11-12H2. The first-order valence-corrected chi connectivity index (χ1v) is 6.61. The molecule has 3 rings (SSSR count). The van der Waals surface area contributed by atoms with Crippen LogP contribution in [0.3, 0.4) is 0 Å². The minimum atomic E-state index is 0.539. The van der Waals surface area contributed by atoms with Gasteiger partial charge in [-0.15, -0.1) is 0 Å². The second-order valence-corrected chi connectivity index (χ2v) is 4.94. The van der Waals surface area contributed by atoms with Crippen LogP contribution in [0.15, 0.2) is 54.1 Å². The molecule has 0 radical (unpaired) electrons. The molecule has 1 heterocycles. The van der Waals surface area contributed by atoms with Crippen LogP contribution in [-0.2, 0) is 0 Å². The fourth-order valence-electron chi connectivity index (χ4n) is 2.85. The Morgan fingerprint density at radius 3 is 2.53 bits per heavy atom. The minimum absolute atomic E-state index is 0.539. The Kier molecular flexibility index (Phi) is 3.10. The molecule has 2 unspecified atom stereocenters. The smallest absolute Gasteiger partial charge is 0.0326 e. The van der Waals surface area contributed by atoms with E-state index in [2.05, 4.69) is 53.9 Å². The average Bonchev–Trinajstić information content (AvgIpc) is 2.90. The maximum atomic E-state index is 3.76. The fraction of sp³-hybridized carbons (Fsp3) is 0.375. The molecule has 2 atom stereocenters. The molecule has 17 heavy (non-hydrogen) atoms. The second-order valence-electron chi connectivity index (χ2n) is 4.94. The van der Waals surface area contributed by atoms with E-state index < -0.39 is 0 Å². The third-order valence-corrected chi connectivity index (χ3v) is 3.77. The summed E-state index contributed by atoms with van der Waals surface area (Å²) in [6.45, 7) is 0. The van der Waals surface area contributed by atoms with E-state index in [0.717, 1.165) is 0 Å². The van der Waals surface area contributed by atoms with Crippen molar-refractivity contribution in [2.75, 3.05) is 0 Å². The van der Waals surface area contributed by atoms with E-state index in [1.807, 2.05) is 0 Å².